The Morgan fingerprint density at radius 1 is 1.29 bits per heavy atom. The number of benzene rings is 1. The molecule has 0 radical (unpaired) electrons. The molecule has 1 aromatic rings. The lowest BCUT2D eigenvalue weighted by atomic mass is 10.1. The van der Waals surface area contributed by atoms with Gasteiger partial charge in [-0.2, -0.15) is 11.8 Å². The maximum Gasteiger partial charge on any atom is 0.256 e. The third-order valence-electron chi connectivity index (χ3n) is 2.82. The van der Waals surface area contributed by atoms with Gasteiger partial charge < -0.3 is 10.3 Å². The molecule has 0 saturated carbocycles. The molecule has 17 heavy (non-hydrogen) atoms. The average Bonchev–Trinajstić information content (AvgIpc) is 2.66. The fourth-order valence-corrected chi connectivity index (χ4v) is 2.80. The maximum atomic E-state index is 12.4. The highest BCUT2D eigenvalue weighted by Gasteiger charge is 2.19. The Bertz CT molecular complexity index is 389. The molecule has 1 aliphatic heterocycles. The smallest absolute Gasteiger partial charge is 0.256 e. The molecule has 1 saturated heterocycles. The first kappa shape index (κ1) is 12.3. The van der Waals surface area contributed by atoms with Crippen LogP contribution in [0.5, 0.6) is 0 Å². The summed E-state index contributed by atoms with van der Waals surface area (Å²) in [5.74, 6) is 7.65. The quantitative estimate of drug-likeness (QED) is 0.618. The van der Waals surface area contributed by atoms with Crippen molar-refractivity contribution in [2.75, 3.05) is 30.0 Å². The van der Waals surface area contributed by atoms with E-state index in [0.717, 1.165) is 31.0 Å². The summed E-state index contributed by atoms with van der Waals surface area (Å²) in [4.78, 5) is 14.3. The molecule has 0 aromatic heterocycles. The number of hydrogen-bond donors (Lipinski definition) is 2. The van der Waals surface area contributed by atoms with Crippen molar-refractivity contribution in [3.05, 3.63) is 29.8 Å². The number of rotatable bonds is 2. The van der Waals surface area contributed by atoms with E-state index in [-0.39, 0.29) is 5.91 Å². The SMILES string of the molecule is NNc1ccccc1C(=O)N1CCCSCC1. The number of para-hydroxylation sites is 1. The van der Waals surface area contributed by atoms with Crippen molar-refractivity contribution in [1.29, 1.82) is 0 Å². The zero-order chi connectivity index (χ0) is 12.1. The average molecular weight is 251 g/mol. The highest BCUT2D eigenvalue weighted by Crippen LogP contribution is 2.18. The molecule has 0 atom stereocenters. The normalized spacial score (nSPS) is 16.4. The van der Waals surface area contributed by atoms with Crippen LogP contribution in [0, 0.1) is 0 Å². The van der Waals surface area contributed by atoms with E-state index < -0.39 is 0 Å². The number of anilines is 1. The molecule has 3 N–H and O–H groups in total. The second-order valence-corrected chi connectivity index (χ2v) is 5.17. The van der Waals surface area contributed by atoms with Gasteiger partial charge in [0, 0.05) is 18.8 Å². The number of hydrazine groups is 1. The van der Waals surface area contributed by atoms with Crippen LogP contribution in [-0.4, -0.2) is 35.4 Å². The molecule has 0 unspecified atom stereocenters. The van der Waals surface area contributed by atoms with E-state index in [1.165, 1.54) is 0 Å². The Labute approximate surface area is 106 Å². The van der Waals surface area contributed by atoms with Gasteiger partial charge >= 0.3 is 0 Å². The Morgan fingerprint density at radius 2 is 2.12 bits per heavy atom. The molecule has 2 rings (SSSR count). The van der Waals surface area contributed by atoms with Crippen molar-refractivity contribution in [2.45, 2.75) is 6.42 Å². The summed E-state index contributed by atoms with van der Waals surface area (Å²) < 4.78 is 0. The molecule has 4 nitrogen and oxygen atoms in total. The van der Waals surface area contributed by atoms with Gasteiger partial charge in [-0.05, 0) is 24.3 Å². The van der Waals surface area contributed by atoms with E-state index in [0.29, 0.717) is 11.3 Å². The lowest BCUT2D eigenvalue weighted by molar-refractivity contribution is 0.0769. The van der Waals surface area contributed by atoms with Gasteiger partial charge in [0.2, 0.25) is 0 Å². The number of thioether (sulfide) groups is 1. The van der Waals surface area contributed by atoms with Crippen LogP contribution in [0.3, 0.4) is 0 Å². The second kappa shape index (κ2) is 5.93. The number of carbonyl (C=O) groups is 1. The molecule has 5 heteroatoms. The van der Waals surface area contributed by atoms with E-state index in [4.69, 9.17) is 5.84 Å². The van der Waals surface area contributed by atoms with Gasteiger partial charge in [-0.3, -0.25) is 10.6 Å². The largest absolute Gasteiger partial charge is 0.338 e. The summed E-state index contributed by atoms with van der Waals surface area (Å²) in [7, 11) is 0. The molecule has 1 aliphatic rings. The van der Waals surface area contributed by atoms with Crippen molar-refractivity contribution >= 4 is 23.4 Å². The summed E-state index contributed by atoms with van der Waals surface area (Å²) in [6.07, 6.45) is 1.06. The van der Waals surface area contributed by atoms with Gasteiger partial charge in [0.05, 0.1) is 11.3 Å². The summed E-state index contributed by atoms with van der Waals surface area (Å²) in [6.45, 7) is 1.66. The van der Waals surface area contributed by atoms with Crippen molar-refractivity contribution in [3.63, 3.8) is 0 Å². The first-order valence-corrected chi connectivity index (χ1v) is 6.91. The molecular weight excluding hydrogens is 234 g/mol. The second-order valence-electron chi connectivity index (χ2n) is 3.95. The van der Waals surface area contributed by atoms with Gasteiger partial charge in [0.25, 0.3) is 5.91 Å². The van der Waals surface area contributed by atoms with Gasteiger partial charge in [-0.15, -0.1) is 0 Å². The molecule has 1 heterocycles. The Morgan fingerprint density at radius 3 is 2.94 bits per heavy atom. The number of nitrogens with zero attached hydrogens (tertiary/aromatic N) is 1. The van der Waals surface area contributed by atoms with Crippen LogP contribution < -0.4 is 11.3 Å². The predicted octanol–water partition coefficient (Wildman–Crippen LogP) is 1.55. The third kappa shape index (κ3) is 2.92. The lowest BCUT2D eigenvalue weighted by Gasteiger charge is -2.21. The molecule has 1 aromatic carbocycles. The summed E-state index contributed by atoms with van der Waals surface area (Å²) >= 11 is 1.91. The number of nitrogen functional groups attached to an aromatic ring is 1. The zero-order valence-electron chi connectivity index (χ0n) is 9.69. The van der Waals surface area contributed by atoms with Crippen molar-refractivity contribution in [2.24, 2.45) is 5.84 Å². The molecule has 92 valence electrons. The lowest BCUT2D eigenvalue weighted by Crippen LogP contribution is -2.33. The molecule has 0 aliphatic carbocycles. The van der Waals surface area contributed by atoms with E-state index >= 15 is 0 Å². The standard InChI is InChI=1S/C12H17N3OS/c13-14-11-5-2-1-4-10(11)12(16)15-6-3-8-17-9-7-15/h1-2,4-5,14H,3,6-9,13H2. The molecule has 1 amide bonds. The summed E-state index contributed by atoms with van der Waals surface area (Å²) in [6, 6.07) is 7.36. The predicted molar refractivity (Wildman–Crippen MR) is 72.1 cm³/mol. The van der Waals surface area contributed by atoms with E-state index in [2.05, 4.69) is 5.43 Å². The van der Waals surface area contributed by atoms with Crippen LogP contribution in [-0.2, 0) is 0 Å². The van der Waals surface area contributed by atoms with Crippen LogP contribution in [0.1, 0.15) is 16.8 Å². The van der Waals surface area contributed by atoms with Crippen molar-refractivity contribution in [3.8, 4) is 0 Å². The Kier molecular flexibility index (Phi) is 4.28. The number of amides is 1. The fourth-order valence-electron chi connectivity index (χ4n) is 1.91. The van der Waals surface area contributed by atoms with Gasteiger partial charge in [-0.1, -0.05) is 12.1 Å². The minimum absolute atomic E-state index is 0.0704. The van der Waals surface area contributed by atoms with Gasteiger partial charge in [0.15, 0.2) is 0 Å². The highest BCUT2D eigenvalue weighted by molar-refractivity contribution is 7.99. The van der Waals surface area contributed by atoms with Crippen LogP contribution in [0.25, 0.3) is 0 Å². The number of nitrogens with one attached hydrogen (secondary N) is 1. The third-order valence-corrected chi connectivity index (χ3v) is 3.87. The maximum absolute atomic E-state index is 12.4. The first-order valence-electron chi connectivity index (χ1n) is 5.75. The van der Waals surface area contributed by atoms with Crippen LogP contribution in [0.4, 0.5) is 5.69 Å². The van der Waals surface area contributed by atoms with Crippen LogP contribution in [0.2, 0.25) is 0 Å². The van der Waals surface area contributed by atoms with Gasteiger partial charge in [0.1, 0.15) is 0 Å². The molecule has 1 fully saturated rings. The monoisotopic (exact) mass is 251 g/mol. The van der Waals surface area contributed by atoms with E-state index in [9.17, 15) is 4.79 Å². The Hall–Kier alpha value is -1.20. The van der Waals surface area contributed by atoms with Crippen molar-refractivity contribution < 1.29 is 4.79 Å². The minimum atomic E-state index is 0.0704. The summed E-state index contributed by atoms with van der Waals surface area (Å²) in [5, 5.41) is 0. The van der Waals surface area contributed by atoms with Gasteiger partial charge in [-0.25, -0.2) is 0 Å². The summed E-state index contributed by atoms with van der Waals surface area (Å²) in [5.41, 5.74) is 3.92. The molecule has 0 spiro atoms. The number of nitrogens with two attached hydrogens (primary N) is 1. The minimum Gasteiger partial charge on any atom is -0.338 e. The van der Waals surface area contributed by atoms with Crippen LogP contribution >= 0.6 is 11.8 Å². The van der Waals surface area contributed by atoms with Crippen molar-refractivity contribution in [1.82, 2.24) is 4.90 Å². The van der Waals surface area contributed by atoms with Crippen LogP contribution in [0.15, 0.2) is 24.3 Å². The van der Waals surface area contributed by atoms with E-state index in [1.807, 2.05) is 40.9 Å². The highest BCUT2D eigenvalue weighted by atomic mass is 32.2. The fraction of sp³-hybridized carbons (Fsp3) is 0.417. The van der Waals surface area contributed by atoms with E-state index in [1.54, 1.807) is 0 Å². The first-order chi connectivity index (χ1) is 8.33. The topological polar surface area (TPSA) is 58.4 Å². The number of hydrogen-bond acceptors (Lipinski definition) is 4. The number of carbonyl (C=O) groups excluding carboxylic acids is 1. The Balaban J connectivity index is 2.17. The molecule has 0 bridgehead atoms. The molecular formula is C12H17N3OS. The zero-order valence-corrected chi connectivity index (χ0v) is 10.5.